The van der Waals surface area contributed by atoms with Gasteiger partial charge >= 0.3 is 5.97 Å². The van der Waals surface area contributed by atoms with Gasteiger partial charge in [0, 0.05) is 25.3 Å². The monoisotopic (exact) mass is 317 g/mol. The number of aromatic nitrogens is 2. The summed E-state index contributed by atoms with van der Waals surface area (Å²) in [5.74, 6) is -1.01. The fourth-order valence-corrected chi connectivity index (χ4v) is 3.51. The molecule has 0 aromatic carbocycles. The first-order chi connectivity index (χ1) is 9.80. The van der Waals surface area contributed by atoms with Crippen molar-refractivity contribution in [2.24, 2.45) is 0 Å². The molecule has 1 atom stereocenters. The van der Waals surface area contributed by atoms with E-state index in [1.807, 2.05) is 13.8 Å². The highest BCUT2D eigenvalue weighted by atomic mass is 32.2. The van der Waals surface area contributed by atoms with Crippen LogP contribution in [0.25, 0.3) is 0 Å². The van der Waals surface area contributed by atoms with Crippen LogP contribution in [-0.4, -0.2) is 59.4 Å². The van der Waals surface area contributed by atoms with Crippen molar-refractivity contribution < 1.29 is 23.1 Å². The number of rotatable bonds is 5. The summed E-state index contributed by atoms with van der Waals surface area (Å²) in [6, 6.07) is 0.0680. The van der Waals surface area contributed by atoms with E-state index in [0.717, 1.165) is 0 Å². The van der Waals surface area contributed by atoms with Gasteiger partial charge in [-0.15, -0.1) is 0 Å². The third-order valence-corrected chi connectivity index (χ3v) is 5.07. The van der Waals surface area contributed by atoms with E-state index < -0.39 is 22.1 Å². The van der Waals surface area contributed by atoms with Gasteiger partial charge in [0.05, 0.1) is 25.3 Å². The largest absolute Gasteiger partial charge is 0.481 e. The van der Waals surface area contributed by atoms with Gasteiger partial charge in [0.25, 0.3) is 0 Å². The molecular formula is C12H19N3O5S. The third kappa shape index (κ3) is 3.60. The first kappa shape index (κ1) is 15.9. The van der Waals surface area contributed by atoms with Crippen LogP contribution in [0.1, 0.15) is 26.3 Å². The van der Waals surface area contributed by atoms with Gasteiger partial charge in [-0.1, -0.05) is 0 Å². The van der Waals surface area contributed by atoms with E-state index >= 15 is 0 Å². The van der Waals surface area contributed by atoms with Crippen LogP contribution >= 0.6 is 0 Å². The summed E-state index contributed by atoms with van der Waals surface area (Å²) in [5.41, 5.74) is 0. The van der Waals surface area contributed by atoms with Gasteiger partial charge in [-0.2, -0.15) is 9.40 Å². The number of carboxylic acids is 1. The van der Waals surface area contributed by atoms with Crippen molar-refractivity contribution >= 4 is 16.0 Å². The molecule has 1 N–H and O–H groups in total. The number of ether oxygens (including phenoxy) is 1. The van der Waals surface area contributed by atoms with Crippen LogP contribution < -0.4 is 0 Å². The lowest BCUT2D eigenvalue weighted by molar-refractivity contribution is -0.141. The van der Waals surface area contributed by atoms with Crippen LogP contribution in [0.3, 0.4) is 0 Å². The maximum absolute atomic E-state index is 12.5. The highest BCUT2D eigenvalue weighted by Gasteiger charge is 2.32. The Balaban J connectivity index is 2.16. The Kier molecular flexibility index (Phi) is 4.64. The van der Waals surface area contributed by atoms with Crippen LogP contribution in [0.4, 0.5) is 0 Å². The topological polar surface area (TPSA) is 102 Å². The molecule has 0 spiro atoms. The quantitative estimate of drug-likeness (QED) is 0.839. The standard InChI is InChI=1S/C12H19N3O5S/c1-9(2)15-8-11(6-13-15)21(18,19)14-3-4-20-10(7-14)5-12(16)17/h6,8-10H,3-5,7H2,1-2H3,(H,16,17). The van der Waals surface area contributed by atoms with Crippen molar-refractivity contribution in [1.82, 2.24) is 14.1 Å². The van der Waals surface area contributed by atoms with Crippen LogP contribution in [0, 0.1) is 0 Å². The molecule has 1 aromatic heterocycles. The molecule has 1 saturated heterocycles. The highest BCUT2D eigenvalue weighted by Crippen LogP contribution is 2.20. The Morgan fingerprint density at radius 2 is 2.29 bits per heavy atom. The lowest BCUT2D eigenvalue weighted by Gasteiger charge is -2.31. The molecule has 0 bridgehead atoms. The van der Waals surface area contributed by atoms with E-state index in [4.69, 9.17) is 9.84 Å². The van der Waals surface area contributed by atoms with Crippen molar-refractivity contribution in [3.63, 3.8) is 0 Å². The van der Waals surface area contributed by atoms with E-state index in [1.165, 1.54) is 16.7 Å². The second kappa shape index (κ2) is 6.12. The van der Waals surface area contributed by atoms with E-state index in [1.54, 1.807) is 4.68 Å². The van der Waals surface area contributed by atoms with E-state index in [0.29, 0.717) is 0 Å². The molecule has 0 radical (unpaired) electrons. The Bertz CT molecular complexity index is 610. The summed E-state index contributed by atoms with van der Waals surface area (Å²) < 4.78 is 33.2. The summed E-state index contributed by atoms with van der Waals surface area (Å²) >= 11 is 0. The van der Waals surface area contributed by atoms with Crippen molar-refractivity contribution in [2.75, 3.05) is 19.7 Å². The normalized spacial score (nSPS) is 20.8. The first-order valence-electron chi connectivity index (χ1n) is 6.68. The summed E-state index contributed by atoms with van der Waals surface area (Å²) in [5, 5.41) is 12.8. The van der Waals surface area contributed by atoms with Crippen molar-refractivity contribution in [2.45, 2.75) is 37.3 Å². The lowest BCUT2D eigenvalue weighted by Crippen LogP contribution is -2.46. The van der Waals surface area contributed by atoms with Gasteiger partial charge in [0.1, 0.15) is 4.90 Å². The maximum atomic E-state index is 12.5. The average molecular weight is 317 g/mol. The molecule has 1 aliphatic rings. The molecule has 2 rings (SSSR count). The van der Waals surface area contributed by atoms with Crippen LogP contribution in [-0.2, 0) is 19.6 Å². The number of hydrogen-bond acceptors (Lipinski definition) is 5. The molecule has 1 fully saturated rings. The molecule has 21 heavy (non-hydrogen) atoms. The van der Waals surface area contributed by atoms with Gasteiger partial charge in [-0.05, 0) is 13.8 Å². The summed E-state index contributed by atoms with van der Waals surface area (Å²) in [6.45, 7) is 4.25. The fraction of sp³-hybridized carbons (Fsp3) is 0.667. The minimum Gasteiger partial charge on any atom is -0.481 e. The number of sulfonamides is 1. The highest BCUT2D eigenvalue weighted by molar-refractivity contribution is 7.89. The first-order valence-corrected chi connectivity index (χ1v) is 8.12. The molecule has 8 nitrogen and oxygen atoms in total. The third-order valence-electron chi connectivity index (χ3n) is 3.25. The maximum Gasteiger partial charge on any atom is 0.306 e. The molecule has 1 unspecified atom stereocenters. The van der Waals surface area contributed by atoms with Crippen LogP contribution in [0.15, 0.2) is 17.3 Å². The Hall–Kier alpha value is -1.45. The second-order valence-corrected chi connectivity index (χ2v) is 7.14. The second-order valence-electron chi connectivity index (χ2n) is 5.20. The Morgan fingerprint density at radius 3 is 2.86 bits per heavy atom. The molecular weight excluding hydrogens is 298 g/mol. The van der Waals surface area contributed by atoms with Crippen molar-refractivity contribution in [3.8, 4) is 0 Å². The minimum atomic E-state index is -3.67. The number of aliphatic carboxylic acids is 1. The zero-order valence-corrected chi connectivity index (χ0v) is 12.8. The fourth-order valence-electron chi connectivity index (χ4n) is 2.11. The predicted octanol–water partition coefficient (Wildman–Crippen LogP) is 0.328. The van der Waals surface area contributed by atoms with Crippen molar-refractivity contribution in [3.05, 3.63) is 12.4 Å². The number of nitrogens with zero attached hydrogens (tertiary/aromatic N) is 3. The predicted molar refractivity (Wildman–Crippen MR) is 73.4 cm³/mol. The minimum absolute atomic E-state index is 0.0431. The van der Waals surface area contributed by atoms with Gasteiger partial charge in [-0.25, -0.2) is 8.42 Å². The number of hydrogen-bond donors (Lipinski definition) is 1. The molecule has 0 amide bonds. The smallest absolute Gasteiger partial charge is 0.306 e. The number of carboxylic acid groups (broad SMARTS) is 1. The molecule has 0 saturated carbocycles. The van der Waals surface area contributed by atoms with Crippen molar-refractivity contribution in [1.29, 1.82) is 0 Å². The SMILES string of the molecule is CC(C)n1cc(S(=O)(=O)N2CCOC(CC(=O)O)C2)cn1. The summed E-state index contributed by atoms with van der Waals surface area (Å²) in [4.78, 5) is 10.8. The Morgan fingerprint density at radius 1 is 1.57 bits per heavy atom. The Labute approximate surface area is 123 Å². The van der Waals surface area contributed by atoms with Gasteiger partial charge < -0.3 is 9.84 Å². The average Bonchev–Trinajstić information content (AvgIpc) is 2.88. The molecule has 1 aliphatic heterocycles. The zero-order valence-electron chi connectivity index (χ0n) is 12.0. The van der Waals surface area contributed by atoms with Crippen LogP contribution in [0.2, 0.25) is 0 Å². The summed E-state index contributed by atoms with van der Waals surface area (Å²) in [7, 11) is -3.67. The molecule has 1 aromatic rings. The zero-order chi connectivity index (χ0) is 15.6. The molecule has 0 aliphatic carbocycles. The van der Waals surface area contributed by atoms with Gasteiger partial charge in [0.2, 0.25) is 10.0 Å². The van der Waals surface area contributed by atoms with E-state index in [9.17, 15) is 13.2 Å². The summed E-state index contributed by atoms with van der Waals surface area (Å²) in [6.07, 6.45) is 1.97. The lowest BCUT2D eigenvalue weighted by atomic mass is 10.2. The van der Waals surface area contributed by atoms with E-state index in [-0.39, 0.29) is 37.1 Å². The van der Waals surface area contributed by atoms with Gasteiger partial charge in [0.15, 0.2) is 0 Å². The van der Waals surface area contributed by atoms with E-state index in [2.05, 4.69) is 5.10 Å². The molecule has 9 heteroatoms. The van der Waals surface area contributed by atoms with Gasteiger partial charge in [-0.3, -0.25) is 9.48 Å². The van der Waals surface area contributed by atoms with Crippen LogP contribution in [0.5, 0.6) is 0 Å². The molecule has 2 heterocycles. The number of morpholine rings is 1. The number of carbonyl (C=O) groups is 1. The molecule has 118 valence electrons.